The Labute approximate surface area is 212 Å². The zero-order valence-corrected chi connectivity index (χ0v) is 20.5. The van der Waals surface area contributed by atoms with E-state index in [-0.39, 0.29) is 36.6 Å². The maximum absolute atomic E-state index is 14.0. The van der Waals surface area contributed by atoms with Gasteiger partial charge in [-0.3, -0.25) is 9.78 Å². The maximum Gasteiger partial charge on any atom is 0.340 e. The number of carbonyl (C=O) groups is 2. The lowest BCUT2D eigenvalue weighted by atomic mass is 9.88. The van der Waals surface area contributed by atoms with Gasteiger partial charge in [-0.1, -0.05) is 30.3 Å². The lowest BCUT2D eigenvalue weighted by molar-refractivity contribution is -0.124. The topological polar surface area (TPSA) is 123 Å². The lowest BCUT2D eigenvalue weighted by Gasteiger charge is -2.27. The van der Waals surface area contributed by atoms with Gasteiger partial charge in [0.2, 0.25) is 5.91 Å². The fourth-order valence-electron chi connectivity index (χ4n) is 3.95. The van der Waals surface area contributed by atoms with Crippen molar-refractivity contribution in [3.63, 3.8) is 0 Å². The fraction of sp³-hybridized carbons (Fsp3) is 0.370. The lowest BCUT2D eigenvalue weighted by Crippen LogP contribution is -2.38. The number of fused-ring (bicyclic) bond motifs is 1. The Hall–Kier alpha value is -3.50. The second kappa shape index (κ2) is 11.7. The number of aromatic nitrogens is 1. The van der Waals surface area contributed by atoms with Crippen molar-refractivity contribution in [3.8, 4) is 0 Å². The predicted octanol–water partition coefficient (Wildman–Crippen LogP) is 3.82. The van der Waals surface area contributed by atoms with Gasteiger partial charge < -0.3 is 20.7 Å². The van der Waals surface area contributed by atoms with Gasteiger partial charge in [0.15, 0.2) is 17.5 Å². The molecular formula is C27H29F3N2O5. The number of pyridine rings is 1. The van der Waals surface area contributed by atoms with E-state index >= 15 is 0 Å². The van der Waals surface area contributed by atoms with Gasteiger partial charge in [0.05, 0.1) is 17.3 Å². The number of amides is 1. The smallest absolute Gasteiger partial charge is 0.340 e. The summed E-state index contributed by atoms with van der Waals surface area (Å²) < 4.78 is 46.8. The molecule has 0 saturated carbocycles. The number of primary amides is 1. The Bertz CT molecular complexity index is 1260. The van der Waals surface area contributed by atoms with Gasteiger partial charge in [0.1, 0.15) is 11.6 Å². The van der Waals surface area contributed by atoms with Gasteiger partial charge >= 0.3 is 5.97 Å². The number of nitrogens with zero attached hydrogens (tertiary/aromatic N) is 1. The average Bonchev–Trinajstić information content (AvgIpc) is 2.84. The zero-order chi connectivity index (χ0) is 27.3. The highest BCUT2D eigenvalue weighted by Crippen LogP contribution is 2.25. The number of esters is 1. The molecule has 2 aromatic carbocycles. The van der Waals surface area contributed by atoms with Crippen LogP contribution in [0.3, 0.4) is 0 Å². The summed E-state index contributed by atoms with van der Waals surface area (Å²) in [5.74, 6) is -6.97. The molecule has 3 atom stereocenters. The van der Waals surface area contributed by atoms with E-state index in [1.807, 2.05) is 0 Å². The van der Waals surface area contributed by atoms with Crippen LogP contribution in [0.2, 0.25) is 0 Å². The number of ether oxygens (including phenoxy) is 1. The molecule has 3 rings (SSSR count). The van der Waals surface area contributed by atoms with E-state index in [1.165, 1.54) is 0 Å². The number of hydrogen-bond acceptors (Lipinski definition) is 6. The Morgan fingerprint density at radius 2 is 1.78 bits per heavy atom. The molecule has 0 spiro atoms. The summed E-state index contributed by atoms with van der Waals surface area (Å²) in [6.45, 7) is 3.18. The summed E-state index contributed by atoms with van der Waals surface area (Å²) in [5, 5.41) is 20.8. The highest BCUT2D eigenvalue weighted by Gasteiger charge is 2.30. The van der Waals surface area contributed by atoms with Crippen molar-refractivity contribution >= 4 is 22.8 Å². The molecule has 0 aliphatic rings. The Balaban J connectivity index is 1.84. The number of aliphatic hydroxyl groups excluding tert-OH is 1. The molecule has 198 valence electrons. The SMILES string of the molecule is CC(C)(O)CC[C@H](C[C@H](O)[C@H](Cc1ccccc1)OC(=O)c1cnc2c(F)c(F)c(F)cc2c1)C(N)=O. The highest BCUT2D eigenvalue weighted by atomic mass is 19.2. The quantitative estimate of drug-likeness (QED) is 0.262. The first-order chi connectivity index (χ1) is 17.4. The molecule has 0 unspecified atom stereocenters. The first kappa shape index (κ1) is 28.1. The highest BCUT2D eigenvalue weighted by molar-refractivity contribution is 5.94. The van der Waals surface area contributed by atoms with Crippen molar-refractivity contribution < 1.29 is 37.7 Å². The zero-order valence-electron chi connectivity index (χ0n) is 20.5. The standard InChI is InChI=1S/C27H29F3N2O5/c1-27(2,36)9-8-16(25(31)34)13-20(33)21(10-15-6-4-3-5-7-15)37-26(35)18-11-17-12-19(28)22(29)23(30)24(17)32-14-18/h3-7,11-12,14,16,20-21,33,36H,8-10,13H2,1-2H3,(H2,31,34)/t16-,20+,21+/m1/s1. The molecule has 1 aromatic heterocycles. The molecule has 37 heavy (non-hydrogen) atoms. The minimum absolute atomic E-state index is 0.0974. The normalized spacial score (nSPS) is 14.2. The minimum Gasteiger partial charge on any atom is -0.456 e. The van der Waals surface area contributed by atoms with Crippen LogP contribution >= 0.6 is 0 Å². The third-order valence-electron chi connectivity index (χ3n) is 6.05. The molecule has 0 aliphatic heterocycles. The maximum atomic E-state index is 14.0. The van der Waals surface area contributed by atoms with Crippen LogP contribution in [0, 0.1) is 23.4 Å². The monoisotopic (exact) mass is 518 g/mol. The number of halogens is 3. The molecule has 0 radical (unpaired) electrons. The summed E-state index contributed by atoms with van der Waals surface area (Å²) in [6, 6.07) is 10.7. The van der Waals surface area contributed by atoms with Gasteiger partial charge in [-0.2, -0.15) is 0 Å². The predicted molar refractivity (Wildman–Crippen MR) is 130 cm³/mol. The van der Waals surface area contributed by atoms with E-state index in [1.54, 1.807) is 44.2 Å². The summed E-state index contributed by atoms with van der Waals surface area (Å²) in [4.78, 5) is 28.7. The number of benzene rings is 2. The number of nitrogens with two attached hydrogens (primary N) is 1. The molecule has 0 bridgehead atoms. The average molecular weight is 519 g/mol. The van der Waals surface area contributed by atoms with Crippen LogP contribution < -0.4 is 5.73 Å². The Morgan fingerprint density at radius 1 is 1.11 bits per heavy atom. The summed E-state index contributed by atoms with van der Waals surface area (Å²) in [7, 11) is 0. The number of rotatable bonds is 11. The van der Waals surface area contributed by atoms with Gasteiger partial charge in [-0.05, 0) is 50.8 Å². The first-order valence-corrected chi connectivity index (χ1v) is 11.7. The number of hydrogen-bond donors (Lipinski definition) is 3. The second-order valence-electron chi connectivity index (χ2n) is 9.67. The Morgan fingerprint density at radius 3 is 2.41 bits per heavy atom. The van der Waals surface area contributed by atoms with Crippen LogP contribution in [0.1, 0.15) is 49.0 Å². The largest absolute Gasteiger partial charge is 0.456 e. The molecule has 7 nitrogen and oxygen atoms in total. The van der Waals surface area contributed by atoms with Crippen LogP contribution in [0.5, 0.6) is 0 Å². The van der Waals surface area contributed by atoms with Gasteiger partial charge in [-0.15, -0.1) is 0 Å². The van der Waals surface area contributed by atoms with Crippen molar-refractivity contribution in [1.82, 2.24) is 4.98 Å². The van der Waals surface area contributed by atoms with E-state index in [9.17, 15) is 33.0 Å². The Kier molecular flexibility index (Phi) is 8.88. The van der Waals surface area contributed by atoms with Gasteiger partial charge in [0.25, 0.3) is 0 Å². The van der Waals surface area contributed by atoms with Crippen LogP contribution in [0.4, 0.5) is 13.2 Å². The van der Waals surface area contributed by atoms with Crippen LogP contribution in [0.25, 0.3) is 10.9 Å². The molecule has 1 amide bonds. The summed E-state index contributed by atoms with van der Waals surface area (Å²) >= 11 is 0. The second-order valence-corrected chi connectivity index (χ2v) is 9.67. The minimum atomic E-state index is -1.67. The molecule has 0 aliphatic carbocycles. The molecule has 3 aromatic rings. The van der Waals surface area contributed by atoms with Crippen LogP contribution in [-0.2, 0) is 16.0 Å². The first-order valence-electron chi connectivity index (χ1n) is 11.7. The van der Waals surface area contributed by atoms with Crippen molar-refractivity contribution in [1.29, 1.82) is 0 Å². The third kappa shape index (κ3) is 7.50. The van der Waals surface area contributed by atoms with Crippen molar-refractivity contribution in [2.45, 2.75) is 57.3 Å². The molecule has 4 N–H and O–H groups in total. The van der Waals surface area contributed by atoms with E-state index in [4.69, 9.17) is 10.5 Å². The summed E-state index contributed by atoms with van der Waals surface area (Å²) in [6.07, 6.45) is -1.01. The van der Waals surface area contributed by atoms with Crippen molar-refractivity contribution in [2.75, 3.05) is 0 Å². The molecule has 1 heterocycles. The number of aliphatic hydroxyl groups is 2. The van der Waals surface area contributed by atoms with Crippen molar-refractivity contribution in [3.05, 3.63) is 77.2 Å². The van der Waals surface area contributed by atoms with E-state index in [0.717, 1.165) is 17.8 Å². The number of carbonyl (C=O) groups excluding carboxylic acids is 2. The third-order valence-corrected chi connectivity index (χ3v) is 6.05. The van der Waals surface area contributed by atoms with Crippen LogP contribution in [-0.4, -0.2) is 44.9 Å². The van der Waals surface area contributed by atoms with Crippen molar-refractivity contribution in [2.24, 2.45) is 11.7 Å². The van der Waals surface area contributed by atoms with Gasteiger partial charge in [-0.25, -0.2) is 18.0 Å². The molecule has 10 heteroatoms. The molecular weight excluding hydrogens is 489 g/mol. The van der Waals surface area contributed by atoms with E-state index < -0.39 is 58.6 Å². The van der Waals surface area contributed by atoms with Gasteiger partial charge in [0, 0.05) is 23.9 Å². The molecule has 0 saturated heterocycles. The van der Waals surface area contributed by atoms with E-state index in [0.29, 0.717) is 6.07 Å². The fourth-order valence-corrected chi connectivity index (χ4v) is 3.95. The molecule has 0 fully saturated rings. The van der Waals surface area contributed by atoms with Crippen LogP contribution in [0.15, 0.2) is 48.7 Å². The van der Waals surface area contributed by atoms with E-state index in [2.05, 4.69) is 4.98 Å². The summed E-state index contributed by atoms with van der Waals surface area (Å²) in [5.41, 5.74) is 4.59.